The first-order valence-corrected chi connectivity index (χ1v) is 11.1. The van der Waals surface area contributed by atoms with Crippen LogP contribution in [0.15, 0.2) is 35.3 Å². The van der Waals surface area contributed by atoms with E-state index in [1.165, 1.54) is 25.5 Å². The SMILES string of the molecule is C[C@@H](OC(=O)CCn1ncc(=O)c2ccccc21)C(=O)C12CC3CC(CC(C3)C1)C2. The van der Waals surface area contributed by atoms with E-state index in [-0.39, 0.29) is 23.0 Å². The largest absolute Gasteiger partial charge is 0.455 e. The third kappa shape index (κ3) is 3.36. The van der Waals surface area contributed by atoms with Gasteiger partial charge in [0.1, 0.15) is 0 Å². The van der Waals surface area contributed by atoms with Gasteiger partial charge in [0.15, 0.2) is 11.9 Å². The van der Waals surface area contributed by atoms with Gasteiger partial charge in [0.25, 0.3) is 0 Å². The summed E-state index contributed by atoms with van der Waals surface area (Å²) in [6, 6.07) is 7.21. The van der Waals surface area contributed by atoms with Crippen molar-refractivity contribution in [2.45, 2.75) is 64.5 Å². The first-order chi connectivity index (χ1) is 14.4. The van der Waals surface area contributed by atoms with Crippen LogP contribution in [0.4, 0.5) is 0 Å². The topological polar surface area (TPSA) is 78.3 Å². The standard InChI is InChI=1S/C24H28N2O4/c1-15(23(29)24-11-16-8-17(12-24)10-18(9-16)13-24)30-22(28)6-7-26-20-5-3-2-4-19(20)21(27)14-25-26/h2-5,14-18H,6-13H2,1H3/t15-,16?,17?,18?,24?/m1/s1. The van der Waals surface area contributed by atoms with E-state index in [1.807, 2.05) is 12.1 Å². The smallest absolute Gasteiger partial charge is 0.308 e. The van der Waals surface area contributed by atoms with Crippen LogP contribution in [0, 0.1) is 23.2 Å². The molecular formula is C24H28N2O4. The summed E-state index contributed by atoms with van der Waals surface area (Å²) < 4.78 is 7.21. The third-order valence-corrected chi connectivity index (χ3v) is 7.53. The Morgan fingerprint density at radius 3 is 2.43 bits per heavy atom. The monoisotopic (exact) mass is 408 g/mol. The Labute approximate surface area is 175 Å². The summed E-state index contributed by atoms with van der Waals surface area (Å²) in [5.74, 6) is 1.78. The summed E-state index contributed by atoms with van der Waals surface area (Å²) in [6.07, 6.45) is 7.45. The van der Waals surface area contributed by atoms with Gasteiger partial charge in [-0.2, -0.15) is 5.10 Å². The summed E-state index contributed by atoms with van der Waals surface area (Å²) in [5.41, 5.74) is 0.292. The highest BCUT2D eigenvalue weighted by molar-refractivity contribution is 5.90. The molecule has 158 valence electrons. The molecule has 0 amide bonds. The second-order valence-electron chi connectivity index (χ2n) is 9.69. The van der Waals surface area contributed by atoms with Crippen LogP contribution in [0.3, 0.4) is 0 Å². The number of ether oxygens (including phenoxy) is 1. The lowest BCUT2D eigenvalue weighted by Crippen LogP contribution is -2.52. The Bertz CT molecular complexity index is 1020. The number of Topliss-reactive ketones (excluding diaryl/α,β-unsaturated/α-hetero) is 1. The Morgan fingerprint density at radius 1 is 1.13 bits per heavy atom. The summed E-state index contributed by atoms with van der Waals surface area (Å²) in [6.45, 7) is 2.03. The van der Waals surface area contributed by atoms with Crippen molar-refractivity contribution >= 4 is 22.7 Å². The van der Waals surface area contributed by atoms with E-state index in [9.17, 15) is 14.4 Å². The van der Waals surface area contributed by atoms with E-state index in [1.54, 1.807) is 23.7 Å². The lowest BCUT2D eigenvalue weighted by molar-refractivity contribution is -0.165. The van der Waals surface area contributed by atoms with Gasteiger partial charge in [0, 0.05) is 10.8 Å². The van der Waals surface area contributed by atoms with E-state index >= 15 is 0 Å². The minimum Gasteiger partial charge on any atom is -0.455 e. The number of fused-ring (bicyclic) bond motifs is 1. The maximum absolute atomic E-state index is 13.3. The van der Waals surface area contributed by atoms with E-state index in [4.69, 9.17) is 4.74 Å². The Balaban J connectivity index is 1.23. The molecule has 30 heavy (non-hydrogen) atoms. The molecule has 6 nitrogen and oxygen atoms in total. The molecule has 4 saturated carbocycles. The van der Waals surface area contributed by atoms with Crippen LogP contribution in [-0.2, 0) is 20.9 Å². The molecule has 4 aliphatic rings. The number of aryl methyl sites for hydroxylation is 1. The van der Waals surface area contributed by atoms with Gasteiger partial charge >= 0.3 is 5.97 Å². The first kappa shape index (κ1) is 19.5. The molecule has 1 atom stereocenters. The predicted molar refractivity (Wildman–Crippen MR) is 112 cm³/mol. The average molecular weight is 408 g/mol. The van der Waals surface area contributed by atoms with Crippen molar-refractivity contribution in [3.05, 3.63) is 40.7 Å². The van der Waals surface area contributed by atoms with Crippen molar-refractivity contribution in [2.75, 3.05) is 0 Å². The molecule has 0 radical (unpaired) electrons. The van der Waals surface area contributed by atoms with Crippen molar-refractivity contribution in [1.82, 2.24) is 9.78 Å². The average Bonchev–Trinajstić information content (AvgIpc) is 2.72. The first-order valence-electron chi connectivity index (χ1n) is 11.1. The molecule has 0 spiro atoms. The number of benzene rings is 1. The van der Waals surface area contributed by atoms with Gasteiger partial charge in [-0.05, 0) is 75.3 Å². The number of hydrogen-bond donors (Lipinski definition) is 0. The maximum Gasteiger partial charge on any atom is 0.308 e. The molecule has 0 N–H and O–H groups in total. The minimum atomic E-state index is -0.701. The second kappa shape index (κ2) is 7.33. The van der Waals surface area contributed by atoms with E-state index in [0.717, 1.165) is 19.3 Å². The van der Waals surface area contributed by atoms with E-state index in [2.05, 4.69) is 5.10 Å². The lowest BCUT2D eigenvalue weighted by atomic mass is 9.48. The van der Waals surface area contributed by atoms with Crippen LogP contribution < -0.4 is 5.43 Å². The van der Waals surface area contributed by atoms with Crippen molar-refractivity contribution in [1.29, 1.82) is 0 Å². The Hall–Kier alpha value is -2.50. The fourth-order valence-corrected chi connectivity index (χ4v) is 6.69. The molecule has 1 heterocycles. The molecule has 4 bridgehead atoms. The van der Waals surface area contributed by atoms with Crippen molar-refractivity contribution in [3.8, 4) is 0 Å². The van der Waals surface area contributed by atoms with Crippen molar-refractivity contribution < 1.29 is 14.3 Å². The van der Waals surface area contributed by atoms with Gasteiger partial charge in [-0.15, -0.1) is 0 Å². The highest BCUT2D eigenvalue weighted by Crippen LogP contribution is 2.60. The molecule has 4 aliphatic carbocycles. The highest BCUT2D eigenvalue weighted by Gasteiger charge is 2.55. The van der Waals surface area contributed by atoms with E-state index in [0.29, 0.717) is 35.2 Å². The maximum atomic E-state index is 13.3. The van der Waals surface area contributed by atoms with Crippen LogP contribution in [0.25, 0.3) is 10.9 Å². The number of aromatic nitrogens is 2. The van der Waals surface area contributed by atoms with Crippen LogP contribution in [0.1, 0.15) is 51.9 Å². The summed E-state index contributed by atoms with van der Waals surface area (Å²) >= 11 is 0. The normalized spacial score (nSPS) is 30.4. The number of carbonyl (C=O) groups excluding carboxylic acids is 2. The van der Waals surface area contributed by atoms with Gasteiger partial charge in [0.05, 0.1) is 24.7 Å². The van der Waals surface area contributed by atoms with Crippen molar-refractivity contribution in [3.63, 3.8) is 0 Å². The summed E-state index contributed by atoms with van der Waals surface area (Å²) in [5, 5.41) is 4.72. The number of nitrogens with zero attached hydrogens (tertiary/aromatic N) is 2. The number of rotatable bonds is 6. The van der Waals surface area contributed by atoms with Gasteiger partial charge in [-0.1, -0.05) is 12.1 Å². The molecule has 6 heteroatoms. The number of para-hydroxylation sites is 1. The molecular weight excluding hydrogens is 380 g/mol. The fourth-order valence-electron chi connectivity index (χ4n) is 6.69. The number of ketones is 1. The molecule has 0 saturated heterocycles. The molecule has 2 aromatic rings. The Kier molecular flexibility index (Phi) is 4.75. The number of carbonyl (C=O) groups is 2. The molecule has 0 aliphatic heterocycles. The summed E-state index contributed by atoms with van der Waals surface area (Å²) in [4.78, 5) is 37.7. The summed E-state index contributed by atoms with van der Waals surface area (Å²) in [7, 11) is 0. The van der Waals surface area contributed by atoms with Gasteiger partial charge in [-0.25, -0.2) is 0 Å². The molecule has 6 rings (SSSR count). The minimum absolute atomic E-state index is 0.109. The number of hydrogen-bond acceptors (Lipinski definition) is 5. The van der Waals surface area contributed by atoms with E-state index < -0.39 is 12.1 Å². The lowest BCUT2D eigenvalue weighted by Gasteiger charge is -2.56. The molecule has 4 fully saturated rings. The Morgan fingerprint density at radius 2 is 1.77 bits per heavy atom. The van der Waals surface area contributed by atoms with Gasteiger partial charge in [-0.3, -0.25) is 19.1 Å². The highest BCUT2D eigenvalue weighted by atomic mass is 16.5. The van der Waals surface area contributed by atoms with Gasteiger partial charge < -0.3 is 4.74 Å². The zero-order valence-electron chi connectivity index (χ0n) is 17.4. The van der Waals surface area contributed by atoms with Crippen molar-refractivity contribution in [2.24, 2.45) is 23.2 Å². The molecule has 1 aromatic carbocycles. The molecule has 0 unspecified atom stereocenters. The third-order valence-electron chi connectivity index (χ3n) is 7.53. The van der Waals surface area contributed by atoms with Crippen LogP contribution in [0.5, 0.6) is 0 Å². The van der Waals surface area contributed by atoms with Crippen LogP contribution in [-0.4, -0.2) is 27.6 Å². The zero-order valence-corrected chi connectivity index (χ0v) is 17.4. The fraction of sp³-hybridized carbons (Fsp3) is 0.583. The second-order valence-corrected chi connectivity index (χ2v) is 9.69. The quantitative estimate of drug-likeness (QED) is 0.684. The molecule has 1 aromatic heterocycles. The number of esters is 1. The zero-order chi connectivity index (χ0) is 20.9. The van der Waals surface area contributed by atoms with Gasteiger partial charge in [0.2, 0.25) is 5.43 Å². The van der Waals surface area contributed by atoms with Crippen LogP contribution >= 0.6 is 0 Å². The predicted octanol–water partition coefficient (Wildman–Crippen LogP) is 3.50. The van der Waals surface area contributed by atoms with Crippen LogP contribution in [0.2, 0.25) is 0 Å².